The van der Waals surface area contributed by atoms with E-state index in [1.54, 1.807) is 54.9 Å². The van der Waals surface area contributed by atoms with Gasteiger partial charge < -0.3 is 23.7 Å². The van der Waals surface area contributed by atoms with E-state index in [1.807, 2.05) is 60.9 Å². The molecule has 2 aromatic heterocycles. The summed E-state index contributed by atoms with van der Waals surface area (Å²) in [5, 5.41) is 9.16. The molecule has 5 aromatic carbocycles. The van der Waals surface area contributed by atoms with Crippen LogP contribution in [0.3, 0.4) is 0 Å². The maximum Gasteiger partial charge on any atom is 0.343 e. The van der Waals surface area contributed by atoms with E-state index >= 15 is 0 Å². The molecule has 0 aliphatic heterocycles. The van der Waals surface area contributed by atoms with Crippen molar-refractivity contribution in [3.8, 4) is 68.7 Å². The van der Waals surface area contributed by atoms with E-state index in [-0.39, 0.29) is 0 Å². The molecule has 0 bridgehead atoms. The number of hydrogen-bond acceptors (Lipinski definition) is 11. The Hall–Kier alpha value is -7.58. The fourth-order valence-electron chi connectivity index (χ4n) is 9.26. The number of esters is 1. The molecular weight excluding hydrogens is 983 g/mol. The van der Waals surface area contributed by atoms with Crippen LogP contribution in [0, 0.1) is 11.3 Å². The highest BCUT2D eigenvalue weighted by molar-refractivity contribution is 5.92. The van der Waals surface area contributed by atoms with Crippen LogP contribution < -0.4 is 23.7 Å². The molecule has 0 saturated heterocycles. The number of hydrogen-bond donors (Lipinski definition) is 0. The van der Waals surface area contributed by atoms with Crippen LogP contribution in [0.5, 0.6) is 28.7 Å². The third-order valence-corrected chi connectivity index (χ3v) is 14.0. The lowest BCUT2D eigenvalue weighted by Crippen LogP contribution is -2.10. The third kappa shape index (κ3) is 21.0. The van der Waals surface area contributed by atoms with Crippen molar-refractivity contribution in [3.05, 3.63) is 162 Å². The number of nitrogens with zero attached hydrogens (tertiary/aromatic N) is 5. The summed E-state index contributed by atoms with van der Waals surface area (Å²) in [5.41, 5.74) is 7.42. The first-order valence-corrected chi connectivity index (χ1v) is 29.3. The topological polar surface area (TPSA) is 139 Å². The molecule has 0 unspecified atom stereocenters. The second kappa shape index (κ2) is 34.3. The number of carbonyl (C=O) groups excluding carboxylic acids is 1. The normalized spacial score (nSPS) is 11.0. The average molecular weight is 1060 g/mol. The maximum atomic E-state index is 13.5. The van der Waals surface area contributed by atoms with Gasteiger partial charge in [0.1, 0.15) is 11.5 Å². The van der Waals surface area contributed by atoms with E-state index in [9.17, 15) is 4.79 Å². The molecule has 0 spiro atoms. The zero-order valence-electron chi connectivity index (χ0n) is 46.8. The van der Waals surface area contributed by atoms with Gasteiger partial charge in [-0.05, 0) is 166 Å². The van der Waals surface area contributed by atoms with Crippen LogP contribution in [0.2, 0.25) is 0 Å². The van der Waals surface area contributed by atoms with Gasteiger partial charge in [0.15, 0.2) is 28.9 Å². The lowest BCUT2D eigenvalue weighted by Gasteiger charge is -2.14. The Balaban J connectivity index is 0.818. The quantitative estimate of drug-likeness (QED) is 0.0209. The van der Waals surface area contributed by atoms with Crippen LogP contribution >= 0.6 is 0 Å². The summed E-state index contributed by atoms with van der Waals surface area (Å²) in [6, 6.07) is 38.7. The number of ether oxygens (including phenoxy) is 5. The first kappa shape index (κ1) is 59.1. The zero-order chi connectivity index (χ0) is 55.0. The molecule has 7 rings (SSSR count). The molecular formula is C68H81N5O6. The van der Waals surface area contributed by atoms with Gasteiger partial charge in [0, 0.05) is 23.5 Å². The Morgan fingerprint density at radius 3 is 1.39 bits per heavy atom. The number of aromatic nitrogens is 4. The average Bonchev–Trinajstić information content (AvgIpc) is 3.50. The minimum atomic E-state index is -0.494. The van der Waals surface area contributed by atoms with Gasteiger partial charge in [0.2, 0.25) is 0 Å². The fraction of sp³-hybridized carbons (Fsp3) is 0.412. The molecule has 0 fully saturated rings. The molecule has 0 amide bonds. The van der Waals surface area contributed by atoms with Crippen LogP contribution in [-0.4, -0.2) is 52.3 Å². The maximum absolute atomic E-state index is 13.5. The standard InChI is InChI=1S/C68H81N5O6/c1-3-5-7-9-11-17-23-53-25-31-58(32-26-53)67-72-51-63(52-73-67)76-44-20-14-16-22-46-78-65-47-60(68(74)79-62-40-33-57(34-41-62)56-29-27-54(48-69)28-30-56)37-42-64(65)77-45-21-15-13-19-43-75-61-38-35-59(36-39-61)66-70-49-55(50-71-66)24-18-12-10-8-6-4-2/h25-42,47,49-52H,3-24,43-46H2,1-2H3. The van der Waals surface area contributed by atoms with Crippen molar-refractivity contribution < 1.29 is 28.5 Å². The molecule has 79 heavy (non-hydrogen) atoms. The molecule has 0 saturated carbocycles. The van der Waals surface area contributed by atoms with E-state index in [4.69, 9.17) is 28.9 Å². The number of unbranched alkanes of at least 4 members (excludes halogenated alkanes) is 16. The highest BCUT2D eigenvalue weighted by Crippen LogP contribution is 2.31. The Morgan fingerprint density at radius 2 is 0.835 bits per heavy atom. The summed E-state index contributed by atoms with van der Waals surface area (Å²) in [6.07, 6.45) is 32.5. The number of rotatable bonds is 37. The smallest absolute Gasteiger partial charge is 0.343 e. The van der Waals surface area contributed by atoms with Gasteiger partial charge in [0.05, 0.1) is 56.0 Å². The highest BCUT2D eigenvalue weighted by Gasteiger charge is 2.15. The van der Waals surface area contributed by atoms with Gasteiger partial charge in [-0.25, -0.2) is 24.7 Å². The number of aryl methyl sites for hydroxylation is 2. The predicted octanol–water partition coefficient (Wildman–Crippen LogP) is 17.2. The molecule has 0 N–H and O–H groups in total. The van der Waals surface area contributed by atoms with E-state index in [0.29, 0.717) is 66.4 Å². The number of carbonyl (C=O) groups is 1. The second-order valence-electron chi connectivity index (χ2n) is 20.4. The molecule has 2 heterocycles. The van der Waals surface area contributed by atoms with Crippen molar-refractivity contribution >= 4 is 5.97 Å². The van der Waals surface area contributed by atoms with Gasteiger partial charge in [-0.1, -0.05) is 127 Å². The summed E-state index contributed by atoms with van der Waals surface area (Å²) < 4.78 is 30.4. The molecule has 0 aliphatic rings. The van der Waals surface area contributed by atoms with Gasteiger partial charge in [-0.3, -0.25) is 0 Å². The lowest BCUT2D eigenvalue weighted by molar-refractivity contribution is 0.0734. The summed E-state index contributed by atoms with van der Waals surface area (Å²) in [5.74, 6) is 3.95. The largest absolute Gasteiger partial charge is 0.494 e. The van der Waals surface area contributed by atoms with E-state index in [2.05, 4.69) is 64.1 Å². The Morgan fingerprint density at radius 1 is 0.405 bits per heavy atom. The van der Waals surface area contributed by atoms with Crippen molar-refractivity contribution in [2.24, 2.45) is 0 Å². The second-order valence-corrected chi connectivity index (χ2v) is 20.4. The molecule has 11 heteroatoms. The van der Waals surface area contributed by atoms with Gasteiger partial charge in [-0.2, -0.15) is 5.26 Å². The highest BCUT2D eigenvalue weighted by atomic mass is 16.5. The molecule has 414 valence electrons. The van der Waals surface area contributed by atoms with E-state index in [0.717, 1.165) is 98.0 Å². The summed E-state index contributed by atoms with van der Waals surface area (Å²) >= 11 is 0. The lowest BCUT2D eigenvalue weighted by atomic mass is 10.0. The van der Waals surface area contributed by atoms with Crippen molar-refractivity contribution in [1.82, 2.24) is 19.9 Å². The van der Waals surface area contributed by atoms with Crippen molar-refractivity contribution in [1.29, 1.82) is 5.26 Å². The first-order valence-electron chi connectivity index (χ1n) is 29.3. The summed E-state index contributed by atoms with van der Waals surface area (Å²) in [4.78, 5) is 31.9. The third-order valence-electron chi connectivity index (χ3n) is 14.0. The number of nitriles is 1. The molecule has 0 atom stereocenters. The van der Waals surface area contributed by atoms with Crippen LogP contribution in [0.1, 0.15) is 169 Å². The molecule has 0 radical (unpaired) electrons. The van der Waals surface area contributed by atoms with Crippen LogP contribution in [0.4, 0.5) is 0 Å². The molecule has 11 nitrogen and oxygen atoms in total. The Kier molecular flexibility index (Phi) is 25.7. The van der Waals surface area contributed by atoms with Gasteiger partial charge >= 0.3 is 5.97 Å². The van der Waals surface area contributed by atoms with Crippen LogP contribution in [0.25, 0.3) is 33.9 Å². The fourth-order valence-corrected chi connectivity index (χ4v) is 9.26. The van der Waals surface area contributed by atoms with Gasteiger partial charge in [0.25, 0.3) is 0 Å². The minimum Gasteiger partial charge on any atom is -0.494 e. The zero-order valence-corrected chi connectivity index (χ0v) is 46.8. The molecule has 0 aliphatic carbocycles. The molecule has 7 aromatic rings. The van der Waals surface area contributed by atoms with Crippen molar-refractivity contribution in [2.45, 2.75) is 155 Å². The Bertz CT molecular complexity index is 2850. The predicted molar refractivity (Wildman–Crippen MR) is 316 cm³/mol. The monoisotopic (exact) mass is 1060 g/mol. The SMILES string of the molecule is CCCCCCCCc1ccc(-c2ncc(OCCCCCCOc3cc(C(=O)Oc4ccc(-c5ccc(C#N)cc5)cc4)ccc3OCCCCCCOc3ccc(-c4ncc(CCCCCCCC)cn4)cc3)cn2)cc1. The number of benzene rings is 5. The van der Waals surface area contributed by atoms with E-state index in [1.165, 1.54) is 88.2 Å². The van der Waals surface area contributed by atoms with Crippen LogP contribution in [0.15, 0.2) is 140 Å². The van der Waals surface area contributed by atoms with Crippen LogP contribution in [-0.2, 0) is 12.8 Å². The Labute approximate surface area is 470 Å². The summed E-state index contributed by atoms with van der Waals surface area (Å²) in [7, 11) is 0. The van der Waals surface area contributed by atoms with Crippen molar-refractivity contribution in [3.63, 3.8) is 0 Å². The van der Waals surface area contributed by atoms with Crippen molar-refractivity contribution in [2.75, 3.05) is 26.4 Å². The van der Waals surface area contributed by atoms with Gasteiger partial charge in [-0.15, -0.1) is 0 Å². The first-order chi connectivity index (χ1) is 39.0. The summed E-state index contributed by atoms with van der Waals surface area (Å²) in [6.45, 7) is 6.68. The van der Waals surface area contributed by atoms with E-state index < -0.39 is 5.97 Å². The minimum absolute atomic E-state index is 0.361.